The molecule has 1 saturated heterocycles. The Balaban J connectivity index is 1.13. The molecule has 0 spiro atoms. The molecule has 3 unspecified atom stereocenters. The Bertz CT molecular complexity index is 2970. The van der Waals surface area contributed by atoms with E-state index < -0.39 is 0 Å². The number of hydrogen-bond acceptors (Lipinski definition) is 4. The normalized spacial score (nSPS) is 18.0. The van der Waals surface area contributed by atoms with Gasteiger partial charge in [-0.15, -0.1) is 0 Å². The molecule has 8 aromatic carbocycles. The quantitative estimate of drug-likeness (QED) is 0.174. The Hall–Kier alpha value is -6.24. The van der Waals surface area contributed by atoms with Crippen molar-refractivity contribution in [3.8, 4) is 5.69 Å². The van der Waals surface area contributed by atoms with Crippen LogP contribution in [0.25, 0.3) is 71.0 Å². The molecule has 10 aromatic rings. The number of fused-ring (bicyclic) bond motifs is 8. The summed E-state index contributed by atoms with van der Waals surface area (Å²) in [7, 11) is 0. The van der Waals surface area contributed by atoms with Gasteiger partial charge in [-0.05, 0) is 86.8 Å². The number of rotatable bonds is 4. The second-order valence-corrected chi connectivity index (χ2v) is 13.9. The molecule has 3 atom stereocenters. The molecule has 1 aliphatic rings. The fourth-order valence-electron chi connectivity index (χ4n) is 8.50. The predicted octanol–water partition coefficient (Wildman–Crippen LogP) is 11.2. The van der Waals surface area contributed by atoms with Crippen LogP contribution in [0.5, 0.6) is 0 Å². The Labute approximate surface area is 300 Å². The van der Waals surface area contributed by atoms with Gasteiger partial charge in [0, 0.05) is 27.2 Å². The highest BCUT2D eigenvalue weighted by molar-refractivity contribution is 6.15. The minimum absolute atomic E-state index is 0.141. The Morgan fingerprint density at radius 2 is 1.04 bits per heavy atom. The van der Waals surface area contributed by atoms with Crippen LogP contribution < -0.4 is 16.0 Å². The summed E-state index contributed by atoms with van der Waals surface area (Å²) in [5.74, 6) is 0. The van der Waals surface area contributed by atoms with Gasteiger partial charge in [-0.1, -0.05) is 121 Å². The summed E-state index contributed by atoms with van der Waals surface area (Å²) in [6, 6.07) is 61.0. The average molecular weight is 671 g/mol. The maximum Gasteiger partial charge on any atom is 0.135 e. The molecule has 248 valence electrons. The summed E-state index contributed by atoms with van der Waals surface area (Å²) in [5, 5.41) is 21.7. The third-order valence-corrected chi connectivity index (χ3v) is 10.9. The lowest BCUT2D eigenvalue weighted by molar-refractivity contribution is 0.205. The molecule has 0 aliphatic carbocycles. The Kier molecular flexibility index (Phi) is 6.61. The van der Waals surface area contributed by atoms with E-state index in [0.717, 1.165) is 33.2 Å². The molecule has 2 aromatic heterocycles. The molecule has 1 aliphatic heterocycles. The van der Waals surface area contributed by atoms with E-state index in [0.29, 0.717) is 0 Å². The molecule has 0 saturated carbocycles. The lowest BCUT2D eigenvalue weighted by Crippen LogP contribution is -2.54. The first-order valence-electron chi connectivity index (χ1n) is 18.0. The molecule has 0 radical (unpaired) electrons. The van der Waals surface area contributed by atoms with Gasteiger partial charge in [0.25, 0.3) is 0 Å². The van der Waals surface area contributed by atoms with E-state index >= 15 is 0 Å². The minimum atomic E-state index is -0.183. The SMILES string of the molecule is c1ccc(-n2c3cc4ccccc4cc3c3c(C4NC(c5ccc6oc7ccccc7c6c5)NC(c5cccc6ccccc56)N4)cccc32)cc1. The molecule has 3 heterocycles. The highest BCUT2D eigenvalue weighted by atomic mass is 16.3. The second-order valence-electron chi connectivity index (χ2n) is 13.9. The standard InChI is InChI=1S/C47H34N4O/c1-2-16-33(17-3-1)51-40-22-11-21-37(44(40)39-26-30-13-4-5-14-31(30)28-41(39)51)47-49-45(32-24-25-43-38(27-32)35-19-8-9-23-42(35)52-43)48-46(50-47)36-20-10-15-29-12-6-7-18-34(29)36/h1-28,45-50H. The van der Waals surface area contributed by atoms with Crippen molar-refractivity contribution in [1.29, 1.82) is 0 Å². The maximum absolute atomic E-state index is 6.23. The minimum Gasteiger partial charge on any atom is -0.456 e. The number of furan rings is 1. The summed E-state index contributed by atoms with van der Waals surface area (Å²) < 4.78 is 8.64. The second kappa shape index (κ2) is 11.7. The van der Waals surface area contributed by atoms with E-state index in [-0.39, 0.29) is 18.5 Å². The van der Waals surface area contributed by atoms with Crippen molar-refractivity contribution >= 4 is 65.3 Å². The van der Waals surface area contributed by atoms with E-state index in [1.807, 2.05) is 12.1 Å². The first kappa shape index (κ1) is 29.5. The molecule has 1 fully saturated rings. The zero-order valence-corrected chi connectivity index (χ0v) is 28.3. The first-order chi connectivity index (χ1) is 25.8. The summed E-state index contributed by atoms with van der Waals surface area (Å²) >= 11 is 0. The lowest BCUT2D eigenvalue weighted by Gasteiger charge is -2.40. The third kappa shape index (κ3) is 4.61. The molecule has 52 heavy (non-hydrogen) atoms. The zero-order valence-electron chi connectivity index (χ0n) is 28.3. The highest BCUT2D eigenvalue weighted by Gasteiger charge is 2.32. The van der Waals surface area contributed by atoms with E-state index in [4.69, 9.17) is 4.42 Å². The number of aromatic nitrogens is 1. The van der Waals surface area contributed by atoms with Crippen molar-refractivity contribution in [2.75, 3.05) is 0 Å². The molecule has 0 bridgehead atoms. The van der Waals surface area contributed by atoms with Crippen LogP contribution in [0.2, 0.25) is 0 Å². The molecule has 5 nitrogen and oxygen atoms in total. The number of para-hydroxylation sites is 2. The fraction of sp³-hybridized carbons (Fsp3) is 0.0638. The van der Waals surface area contributed by atoms with Crippen LogP contribution in [0.4, 0.5) is 0 Å². The van der Waals surface area contributed by atoms with Gasteiger partial charge < -0.3 is 8.98 Å². The molecule has 11 rings (SSSR count). The molecule has 5 heteroatoms. The van der Waals surface area contributed by atoms with Crippen LogP contribution in [0.3, 0.4) is 0 Å². The van der Waals surface area contributed by atoms with Gasteiger partial charge in [-0.2, -0.15) is 0 Å². The van der Waals surface area contributed by atoms with Gasteiger partial charge in [-0.25, -0.2) is 0 Å². The van der Waals surface area contributed by atoms with Crippen molar-refractivity contribution < 1.29 is 4.42 Å². The zero-order chi connectivity index (χ0) is 34.2. The van der Waals surface area contributed by atoms with Gasteiger partial charge in [-0.3, -0.25) is 16.0 Å². The van der Waals surface area contributed by atoms with Gasteiger partial charge in [0.2, 0.25) is 0 Å². The van der Waals surface area contributed by atoms with Crippen LogP contribution in [0.1, 0.15) is 35.2 Å². The largest absolute Gasteiger partial charge is 0.456 e. The van der Waals surface area contributed by atoms with Crippen LogP contribution in [0.15, 0.2) is 174 Å². The summed E-state index contributed by atoms with van der Waals surface area (Å²) in [6.45, 7) is 0. The summed E-state index contributed by atoms with van der Waals surface area (Å²) in [6.07, 6.45) is -0.485. The summed E-state index contributed by atoms with van der Waals surface area (Å²) in [5.41, 5.74) is 8.90. The maximum atomic E-state index is 6.23. The van der Waals surface area contributed by atoms with Gasteiger partial charge in [0.05, 0.1) is 29.5 Å². The van der Waals surface area contributed by atoms with E-state index in [9.17, 15) is 0 Å². The average Bonchev–Trinajstić information content (AvgIpc) is 3.75. The number of nitrogens with zero attached hydrogens (tertiary/aromatic N) is 1. The van der Waals surface area contributed by atoms with Crippen LogP contribution >= 0.6 is 0 Å². The number of benzene rings is 8. The molecule has 0 amide bonds. The lowest BCUT2D eigenvalue weighted by atomic mass is 9.97. The summed E-state index contributed by atoms with van der Waals surface area (Å²) in [4.78, 5) is 0. The van der Waals surface area contributed by atoms with Gasteiger partial charge >= 0.3 is 0 Å². The van der Waals surface area contributed by atoms with Crippen molar-refractivity contribution in [1.82, 2.24) is 20.5 Å². The third-order valence-electron chi connectivity index (χ3n) is 10.9. The monoisotopic (exact) mass is 670 g/mol. The smallest absolute Gasteiger partial charge is 0.135 e. The van der Waals surface area contributed by atoms with Gasteiger partial charge in [0.15, 0.2) is 0 Å². The van der Waals surface area contributed by atoms with Crippen LogP contribution in [-0.4, -0.2) is 4.57 Å². The van der Waals surface area contributed by atoms with Crippen molar-refractivity contribution in [3.05, 3.63) is 187 Å². The van der Waals surface area contributed by atoms with Crippen molar-refractivity contribution in [3.63, 3.8) is 0 Å². The van der Waals surface area contributed by atoms with Crippen LogP contribution in [0, 0.1) is 0 Å². The van der Waals surface area contributed by atoms with E-state index in [2.05, 4.69) is 178 Å². The number of nitrogens with one attached hydrogen (secondary N) is 3. The van der Waals surface area contributed by atoms with Crippen molar-refractivity contribution in [2.45, 2.75) is 18.5 Å². The first-order valence-corrected chi connectivity index (χ1v) is 18.0. The molecular weight excluding hydrogens is 637 g/mol. The highest BCUT2D eigenvalue weighted by Crippen LogP contribution is 2.41. The van der Waals surface area contributed by atoms with Crippen LogP contribution in [-0.2, 0) is 0 Å². The Morgan fingerprint density at radius 1 is 0.404 bits per heavy atom. The van der Waals surface area contributed by atoms with Crippen molar-refractivity contribution in [2.24, 2.45) is 0 Å². The van der Waals surface area contributed by atoms with E-state index in [1.54, 1.807) is 0 Å². The van der Waals surface area contributed by atoms with E-state index in [1.165, 1.54) is 54.5 Å². The molecular formula is C47H34N4O. The number of hydrogen-bond donors (Lipinski definition) is 3. The fourth-order valence-corrected chi connectivity index (χ4v) is 8.50. The topological polar surface area (TPSA) is 54.2 Å². The predicted molar refractivity (Wildman–Crippen MR) is 214 cm³/mol. The molecule has 3 N–H and O–H groups in total. The Morgan fingerprint density at radius 3 is 1.90 bits per heavy atom. The van der Waals surface area contributed by atoms with Gasteiger partial charge in [0.1, 0.15) is 11.2 Å².